The van der Waals surface area contributed by atoms with Crippen LogP contribution in [0.15, 0.2) is 42.6 Å². The van der Waals surface area contributed by atoms with Gasteiger partial charge < -0.3 is 20.1 Å². The minimum absolute atomic E-state index is 0.0382. The van der Waals surface area contributed by atoms with Gasteiger partial charge in [-0.15, -0.1) is 0 Å². The Balaban J connectivity index is 0.000000370. The second kappa shape index (κ2) is 10.7. The van der Waals surface area contributed by atoms with Crippen molar-refractivity contribution in [2.75, 3.05) is 31.2 Å². The standard InChI is InChI=1S/C16H15F3N2O.C4H9NO2/c17-16(18,19)15-11-14(6-7-20-15)22-13-5-3-4-12(10-13)21-8-1-2-9-21;1-2-7-3-4(5)6/h3-7,10-11H,1-2,8-9H2;2-3H2,1H3,(H2,5,6). The molecule has 2 aromatic rings. The third kappa shape index (κ3) is 7.61. The van der Waals surface area contributed by atoms with Crippen LogP contribution >= 0.6 is 0 Å². The molecule has 158 valence electrons. The molecule has 0 radical (unpaired) electrons. The number of ether oxygens (including phenoxy) is 2. The fourth-order valence-corrected chi connectivity index (χ4v) is 2.69. The van der Waals surface area contributed by atoms with Crippen LogP contribution in [-0.2, 0) is 15.7 Å². The van der Waals surface area contributed by atoms with E-state index in [1.165, 1.54) is 6.07 Å². The van der Waals surface area contributed by atoms with Gasteiger partial charge in [0, 0.05) is 43.7 Å². The van der Waals surface area contributed by atoms with Crippen LogP contribution in [-0.4, -0.2) is 37.2 Å². The third-order valence-electron chi connectivity index (χ3n) is 3.99. The number of anilines is 1. The molecule has 1 aromatic carbocycles. The van der Waals surface area contributed by atoms with Gasteiger partial charge in [-0.05, 0) is 38.0 Å². The van der Waals surface area contributed by atoms with Crippen LogP contribution in [0.5, 0.6) is 11.5 Å². The van der Waals surface area contributed by atoms with Gasteiger partial charge in [0.15, 0.2) is 0 Å². The highest BCUT2D eigenvalue weighted by Crippen LogP contribution is 2.32. The predicted molar refractivity (Wildman–Crippen MR) is 103 cm³/mol. The maximum atomic E-state index is 12.7. The number of rotatable bonds is 6. The van der Waals surface area contributed by atoms with Crippen LogP contribution in [0.2, 0.25) is 0 Å². The van der Waals surface area contributed by atoms with E-state index in [0.29, 0.717) is 12.4 Å². The molecule has 3 rings (SSSR count). The van der Waals surface area contributed by atoms with E-state index in [2.05, 4.69) is 14.6 Å². The first-order chi connectivity index (χ1) is 13.8. The Hall–Kier alpha value is -2.81. The van der Waals surface area contributed by atoms with Crippen molar-refractivity contribution < 1.29 is 27.4 Å². The number of hydrogen-bond acceptors (Lipinski definition) is 5. The van der Waals surface area contributed by atoms with Crippen molar-refractivity contribution in [1.29, 1.82) is 0 Å². The summed E-state index contributed by atoms with van der Waals surface area (Å²) in [4.78, 5) is 15.4. The van der Waals surface area contributed by atoms with Gasteiger partial charge in [-0.25, -0.2) is 0 Å². The molecule has 2 N–H and O–H groups in total. The lowest BCUT2D eigenvalue weighted by molar-refractivity contribution is -0.141. The quantitative estimate of drug-likeness (QED) is 0.777. The maximum absolute atomic E-state index is 12.7. The summed E-state index contributed by atoms with van der Waals surface area (Å²) in [5.74, 6) is 0.228. The molecule has 1 aliphatic rings. The number of nitrogens with zero attached hydrogens (tertiary/aromatic N) is 2. The molecule has 1 amide bonds. The van der Waals surface area contributed by atoms with E-state index in [1.807, 2.05) is 25.1 Å². The molecule has 1 aromatic heterocycles. The molecular formula is C20H24F3N3O3. The lowest BCUT2D eigenvalue weighted by Crippen LogP contribution is -2.17. The molecule has 1 fully saturated rings. The maximum Gasteiger partial charge on any atom is 0.433 e. The number of nitrogens with two attached hydrogens (primary N) is 1. The summed E-state index contributed by atoms with van der Waals surface area (Å²) in [7, 11) is 0. The second-order valence-electron chi connectivity index (χ2n) is 6.27. The summed E-state index contributed by atoms with van der Waals surface area (Å²) in [6, 6.07) is 9.72. The number of primary amides is 1. The van der Waals surface area contributed by atoms with Gasteiger partial charge in [0.2, 0.25) is 5.91 Å². The monoisotopic (exact) mass is 411 g/mol. The van der Waals surface area contributed by atoms with Crippen molar-refractivity contribution in [3.63, 3.8) is 0 Å². The molecule has 0 unspecified atom stereocenters. The first-order valence-corrected chi connectivity index (χ1v) is 9.21. The van der Waals surface area contributed by atoms with E-state index in [9.17, 15) is 18.0 Å². The van der Waals surface area contributed by atoms with Crippen LogP contribution in [0, 0.1) is 0 Å². The Kier molecular flexibility index (Phi) is 8.26. The van der Waals surface area contributed by atoms with E-state index >= 15 is 0 Å². The summed E-state index contributed by atoms with van der Waals surface area (Å²) in [6.45, 7) is 4.39. The number of hydrogen-bond donors (Lipinski definition) is 1. The molecule has 1 saturated heterocycles. The zero-order valence-electron chi connectivity index (χ0n) is 16.1. The first kappa shape index (κ1) is 22.5. The molecule has 2 heterocycles. The number of alkyl halides is 3. The summed E-state index contributed by atoms with van der Waals surface area (Å²) >= 11 is 0. The highest BCUT2D eigenvalue weighted by molar-refractivity contribution is 5.74. The van der Waals surface area contributed by atoms with Gasteiger partial charge in [-0.3, -0.25) is 9.78 Å². The fraction of sp³-hybridized carbons (Fsp3) is 0.400. The summed E-state index contributed by atoms with van der Waals surface area (Å²) < 4.78 is 48.1. The number of carbonyl (C=O) groups is 1. The molecule has 0 bridgehead atoms. The van der Waals surface area contributed by atoms with Crippen molar-refractivity contribution >= 4 is 11.6 Å². The van der Waals surface area contributed by atoms with E-state index in [-0.39, 0.29) is 12.4 Å². The molecule has 0 spiro atoms. The summed E-state index contributed by atoms with van der Waals surface area (Å²) in [6.07, 6.45) is -1.06. The van der Waals surface area contributed by atoms with Crippen LogP contribution in [0.1, 0.15) is 25.5 Å². The van der Waals surface area contributed by atoms with Crippen molar-refractivity contribution in [3.8, 4) is 11.5 Å². The van der Waals surface area contributed by atoms with Crippen molar-refractivity contribution in [2.45, 2.75) is 25.9 Å². The molecular weight excluding hydrogens is 387 g/mol. The van der Waals surface area contributed by atoms with E-state index in [1.54, 1.807) is 6.07 Å². The van der Waals surface area contributed by atoms with Crippen LogP contribution in [0.3, 0.4) is 0 Å². The second-order valence-corrected chi connectivity index (χ2v) is 6.27. The molecule has 0 atom stereocenters. The average molecular weight is 411 g/mol. The van der Waals surface area contributed by atoms with Gasteiger partial charge in [0.1, 0.15) is 23.8 Å². The minimum Gasteiger partial charge on any atom is -0.457 e. The number of amides is 1. The van der Waals surface area contributed by atoms with Gasteiger partial charge in [0.05, 0.1) is 0 Å². The van der Waals surface area contributed by atoms with Crippen LogP contribution in [0.25, 0.3) is 0 Å². The number of aromatic nitrogens is 1. The van der Waals surface area contributed by atoms with Crippen LogP contribution < -0.4 is 15.4 Å². The average Bonchev–Trinajstić information content (AvgIpc) is 3.21. The van der Waals surface area contributed by atoms with E-state index < -0.39 is 17.8 Å². The first-order valence-electron chi connectivity index (χ1n) is 9.21. The molecule has 0 saturated carbocycles. The zero-order valence-corrected chi connectivity index (χ0v) is 16.1. The Morgan fingerprint density at radius 3 is 2.45 bits per heavy atom. The topological polar surface area (TPSA) is 77.7 Å². The Morgan fingerprint density at radius 1 is 1.17 bits per heavy atom. The largest absolute Gasteiger partial charge is 0.457 e. The van der Waals surface area contributed by atoms with Crippen LogP contribution in [0.4, 0.5) is 18.9 Å². The molecule has 1 aliphatic heterocycles. The summed E-state index contributed by atoms with van der Waals surface area (Å²) in [5.41, 5.74) is 4.78. The number of halogens is 3. The van der Waals surface area contributed by atoms with Gasteiger partial charge >= 0.3 is 6.18 Å². The van der Waals surface area contributed by atoms with Crippen molar-refractivity contribution in [2.24, 2.45) is 5.73 Å². The smallest absolute Gasteiger partial charge is 0.433 e. The number of carbonyl (C=O) groups excluding carboxylic acids is 1. The minimum atomic E-state index is -4.48. The number of pyridine rings is 1. The molecule has 29 heavy (non-hydrogen) atoms. The summed E-state index contributed by atoms with van der Waals surface area (Å²) in [5, 5.41) is 0. The van der Waals surface area contributed by atoms with Gasteiger partial charge in [0.25, 0.3) is 0 Å². The Morgan fingerprint density at radius 2 is 1.86 bits per heavy atom. The van der Waals surface area contributed by atoms with Gasteiger partial charge in [-0.1, -0.05) is 6.07 Å². The van der Waals surface area contributed by atoms with E-state index in [0.717, 1.165) is 43.9 Å². The normalized spacial score (nSPS) is 13.6. The molecule has 9 heteroatoms. The highest BCUT2D eigenvalue weighted by atomic mass is 19.4. The highest BCUT2D eigenvalue weighted by Gasteiger charge is 2.32. The third-order valence-corrected chi connectivity index (χ3v) is 3.99. The van der Waals surface area contributed by atoms with Crippen molar-refractivity contribution in [1.82, 2.24) is 4.98 Å². The molecule has 6 nitrogen and oxygen atoms in total. The fourth-order valence-electron chi connectivity index (χ4n) is 2.69. The SMILES string of the molecule is CCOCC(N)=O.FC(F)(F)c1cc(Oc2cccc(N3CCCC3)c2)ccn1. The van der Waals surface area contributed by atoms with Crippen molar-refractivity contribution in [3.05, 3.63) is 48.3 Å². The molecule has 0 aliphatic carbocycles. The van der Waals surface area contributed by atoms with Gasteiger partial charge in [-0.2, -0.15) is 13.2 Å². The lowest BCUT2D eigenvalue weighted by atomic mass is 10.2. The Labute approximate surface area is 167 Å². The van der Waals surface area contributed by atoms with E-state index in [4.69, 9.17) is 10.5 Å². The Bertz CT molecular complexity index is 794. The zero-order chi connectivity index (χ0) is 21.3. The number of benzene rings is 1. The lowest BCUT2D eigenvalue weighted by Gasteiger charge is -2.18. The predicted octanol–water partition coefficient (Wildman–Crippen LogP) is 4.00.